The predicted octanol–water partition coefficient (Wildman–Crippen LogP) is 2.08. The third kappa shape index (κ3) is 2.81. The van der Waals surface area contributed by atoms with Gasteiger partial charge >= 0.3 is 0 Å². The molecule has 4 nitrogen and oxygen atoms in total. The van der Waals surface area contributed by atoms with Crippen molar-refractivity contribution >= 4 is 22.4 Å². The maximum Gasteiger partial charge on any atom is 0.224 e. The van der Waals surface area contributed by atoms with E-state index in [9.17, 15) is 9.18 Å². The van der Waals surface area contributed by atoms with Gasteiger partial charge in [-0.25, -0.2) is 4.39 Å². The molecule has 5 heteroatoms. The normalized spacial score (nSPS) is 10.6. The molecule has 1 aromatic carbocycles. The summed E-state index contributed by atoms with van der Waals surface area (Å²) in [7, 11) is 0. The Morgan fingerprint density at radius 3 is 3.06 bits per heavy atom. The van der Waals surface area contributed by atoms with Crippen LogP contribution in [0.5, 0.6) is 0 Å². The number of hydrogen-bond acceptors (Lipinski definition) is 3. The molecule has 0 radical (unpaired) electrons. The van der Waals surface area contributed by atoms with Gasteiger partial charge in [0.15, 0.2) is 0 Å². The van der Waals surface area contributed by atoms with E-state index in [1.165, 1.54) is 12.1 Å². The van der Waals surface area contributed by atoms with Crippen LogP contribution >= 0.6 is 0 Å². The van der Waals surface area contributed by atoms with Gasteiger partial charge in [-0.3, -0.25) is 9.78 Å². The van der Waals surface area contributed by atoms with Crippen molar-refractivity contribution in [2.75, 3.05) is 11.9 Å². The molecule has 0 bridgehead atoms. The van der Waals surface area contributed by atoms with Crippen LogP contribution in [0.1, 0.15) is 12.8 Å². The molecule has 2 aromatic rings. The first kappa shape index (κ1) is 12.4. The molecule has 0 fully saturated rings. The molecule has 0 saturated carbocycles. The first-order chi connectivity index (χ1) is 8.70. The summed E-state index contributed by atoms with van der Waals surface area (Å²) in [5, 5.41) is 12.7. The molecular weight excluding hydrogens is 235 g/mol. The minimum absolute atomic E-state index is 0.0404. The Kier molecular flexibility index (Phi) is 3.84. The number of benzene rings is 1. The quantitative estimate of drug-likeness (QED) is 0.870. The van der Waals surface area contributed by atoms with E-state index in [1.807, 2.05) is 0 Å². The number of carbonyl (C=O) groups excluding carboxylic acids is 1. The van der Waals surface area contributed by atoms with Crippen LogP contribution in [-0.4, -0.2) is 22.6 Å². The van der Waals surface area contributed by atoms with Crippen molar-refractivity contribution in [3.8, 4) is 0 Å². The van der Waals surface area contributed by atoms with Crippen LogP contribution in [0.4, 0.5) is 10.1 Å². The lowest BCUT2D eigenvalue weighted by Crippen LogP contribution is -2.12. The van der Waals surface area contributed by atoms with Crippen LogP contribution in [0.2, 0.25) is 0 Å². The average molecular weight is 248 g/mol. The topological polar surface area (TPSA) is 62.2 Å². The van der Waals surface area contributed by atoms with Gasteiger partial charge in [0.2, 0.25) is 5.91 Å². The SMILES string of the molecule is O=C(CCCO)Nc1cc(F)cc2cnccc12. The maximum atomic E-state index is 13.4. The minimum atomic E-state index is -0.423. The third-order valence-corrected chi connectivity index (χ3v) is 2.55. The highest BCUT2D eigenvalue weighted by Gasteiger charge is 2.07. The summed E-state index contributed by atoms with van der Waals surface area (Å²) in [6.45, 7) is -0.0404. The highest BCUT2D eigenvalue weighted by molar-refractivity contribution is 6.01. The van der Waals surface area contributed by atoms with E-state index in [4.69, 9.17) is 5.11 Å². The van der Waals surface area contributed by atoms with Gasteiger partial charge in [0.1, 0.15) is 5.82 Å². The molecule has 1 heterocycles. The van der Waals surface area contributed by atoms with Crippen LogP contribution in [0.3, 0.4) is 0 Å². The predicted molar refractivity (Wildman–Crippen MR) is 66.7 cm³/mol. The molecule has 0 aliphatic carbocycles. The Morgan fingerprint density at radius 1 is 1.44 bits per heavy atom. The fraction of sp³-hybridized carbons (Fsp3) is 0.231. The number of nitrogens with zero attached hydrogens (tertiary/aromatic N) is 1. The van der Waals surface area contributed by atoms with E-state index in [1.54, 1.807) is 18.5 Å². The largest absolute Gasteiger partial charge is 0.396 e. The van der Waals surface area contributed by atoms with E-state index >= 15 is 0 Å². The van der Waals surface area contributed by atoms with E-state index in [0.717, 1.165) is 5.39 Å². The molecule has 0 saturated heterocycles. The second-order valence-corrected chi connectivity index (χ2v) is 3.93. The number of fused-ring (bicyclic) bond motifs is 1. The molecule has 0 spiro atoms. The first-order valence-corrected chi connectivity index (χ1v) is 5.64. The second kappa shape index (κ2) is 5.55. The highest BCUT2D eigenvalue weighted by atomic mass is 19.1. The average Bonchev–Trinajstić information content (AvgIpc) is 2.36. The highest BCUT2D eigenvalue weighted by Crippen LogP contribution is 2.24. The number of aliphatic hydroxyl groups excluding tert-OH is 1. The Bertz CT molecular complexity index is 572. The van der Waals surface area contributed by atoms with E-state index in [0.29, 0.717) is 17.5 Å². The first-order valence-electron chi connectivity index (χ1n) is 5.64. The van der Waals surface area contributed by atoms with Gasteiger partial charge < -0.3 is 10.4 Å². The number of carbonyl (C=O) groups is 1. The van der Waals surface area contributed by atoms with Crippen LogP contribution in [0.15, 0.2) is 30.6 Å². The lowest BCUT2D eigenvalue weighted by Gasteiger charge is -2.08. The number of nitrogens with one attached hydrogen (secondary N) is 1. The smallest absolute Gasteiger partial charge is 0.224 e. The van der Waals surface area contributed by atoms with Crippen molar-refractivity contribution in [1.82, 2.24) is 4.98 Å². The van der Waals surface area contributed by atoms with Crippen LogP contribution in [0, 0.1) is 5.82 Å². The van der Waals surface area contributed by atoms with Crippen LogP contribution < -0.4 is 5.32 Å². The van der Waals surface area contributed by atoms with E-state index in [-0.39, 0.29) is 18.9 Å². The van der Waals surface area contributed by atoms with Crippen molar-refractivity contribution < 1.29 is 14.3 Å². The summed E-state index contributed by atoms with van der Waals surface area (Å²) in [6, 6.07) is 4.36. The molecule has 0 unspecified atom stereocenters. The summed E-state index contributed by atoms with van der Waals surface area (Å²) in [5.74, 6) is -0.666. The van der Waals surface area contributed by atoms with Gasteiger partial charge in [0.25, 0.3) is 0 Å². The maximum absolute atomic E-state index is 13.4. The number of anilines is 1. The lowest BCUT2D eigenvalue weighted by molar-refractivity contribution is -0.116. The summed E-state index contributed by atoms with van der Waals surface area (Å²) < 4.78 is 13.4. The number of amides is 1. The van der Waals surface area contributed by atoms with Crippen molar-refractivity contribution in [2.45, 2.75) is 12.8 Å². The Labute approximate surface area is 103 Å². The van der Waals surface area contributed by atoms with Crippen molar-refractivity contribution in [1.29, 1.82) is 0 Å². The van der Waals surface area contributed by atoms with Gasteiger partial charge in [0, 0.05) is 36.2 Å². The van der Waals surface area contributed by atoms with Crippen molar-refractivity contribution in [2.24, 2.45) is 0 Å². The van der Waals surface area contributed by atoms with E-state index < -0.39 is 5.82 Å². The second-order valence-electron chi connectivity index (χ2n) is 3.93. The van der Waals surface area contributed by atoms with Crippen LogP contribution in [-0.2, 0) is 4.79 Å². The zero-order valence-electron chi connectivity index (χ0n) is 9.69. The number of halogens is 1. The fourth-order valence-electron chi connectivity index (χ4n) is 1.73. The van der Waals surface area contributed by atoms with Crippen molar-refractivity contribution in [3.05, 3.63) is 36.4 Å². The molecule has 0 aliphatic heterocycles. The monoisotopic (exact) mass is 248 g/mol. The molecule has 18 heavy (non-hydrogen) atoms. The summed E-state index contributed by atoms with van der Waals surface area (Å²) >= 11 is 0. The molecule has 94 valence electrons. The van der Waals surface area contributed by atoms with Crippen LogP contribution in [0.25, 0.3) is 10.8 Å². The summed E-state index contributed by atoms with van der Waals surface area (Å²) in [5.41, 5.74) is 0.426. The minimum Gasteiger partial charge on any atom is -0.396 e. The summed E-state index contributed by atoms with van der Waals surface area (Å²) in [4.78, 5) is 15.5. The van der Waals surface area contributed by atoms with Gasteiger partial charge in [-0.05, 0) is 24.6 Å². The fourth-order valence-corrected chi connectivity index (χ4v) is 1.73. The van der Waals surface area contributed by atoms with E-state index in [2.05, 4.69) is 10.3 Å². The van der Waals surface area contributed by atoms with Gasteiger partial charge in [-0.2, -0.15) is 0 Å². The van der Waals surface area contributed by atoms with Gasteiger partial charge in [-0.15, -0.1) is 0 Å². The molecule has 1 amide bonds. The van der Waals surface area contributed by atoms with Gasteiger partial charge in [0.05, 0.1) is 5.69 Å². The third-order valence-electron chi connectivity index (χ3n) is 2.55. The van der Waals surface area contributed by atoms with Crippen molar-refractivity contribution in [3.63, 3.8) is 0 Å². The van der Waals surface area contributed by atoms with Gasteiger partial charge in [-0.1, -0.05) is 0 Å². The molecule has 2 N–H and O–H groups in total. The molecule has 2 rings (SSSR count). The zero-order valence-corrected chi connectivity index (χ0v) is 9.69. The number of aromatic nitrogens is 1. The molecule has 0 aliphatic rings. The number of pyridine rings is 1. The summed E-state index contributed by atoms with van der Waals surface area (Å²) in [6.07, 6.45) is 3.73. The molecular formula is C13H13FN2O2. The number of aliphatic hydroxyl groups is 1. The lowest BCUT2D eigenvalue weighted by atomic mass is 10.1. The Morgan fingerprint density at radius 2 is 2.28 bits per heavy atom. The standard InChI is InChI=1S/C13H13FN2O2/c14-10-6-9-8-15-4-3-11(9)12(7-10)16-13(18)2-1-5-17/h3-4,6-8,17H,1-2,5H2,(H,16,18). The Hall–Kier alpha value is -2.01. The number of rotatable bonds is 4. The molecule has 1 aromatic heterocycles. The molecule has 0 atom stereocenters. The zero-order chi connectivity index (χ0) is 13.0. The number of hydrogen-bond donors (Lipinski definition) is 2. The Balaban J connectivity index is 2.29.